The van der Waals surface area contributed by atoms with Crippen molar-refractivity contribution in [1.29, 1.82) is 0 Å². The van der Waals surface area contributed by atoms with Crippen LogP contribution in [0.25, 0.3) is 0 Å². The summed E-state index contributed by atoms with van der Waals surface area (Å²) >= 11 is 0. The minimum absolute atomic E-state index is 1.12. The molecular formula is C37H60. The molecule has 0 atom stereocenters. The molecule has 0 saturated heterocycles. The van der Waals surface area contributed by atoms with Crippen molar-refractivity contribution in [2.75, 3.05) is 0 Å². The third-order valence-corrected chi connectivity index (χ3v) is 8.35. The van der Waals surface area contributed by atoms with E-state index in [1.165, 1.54) is 116 Å². The Kier molecular flexibility index (Phi) is 16.0. The van der Waals surface area contributed by atoms with E-state index in [9.17, 15) is 0 Å². The Morgan fingerprint density at radius 1 is 0.324 bits per heavy atom. The van der Waals surface area contributed by atoms with Crippen molar-refractivity contribution in [1.82, 2.24) is 0 Å². The lowest BCUT2D eigenvalue weighted by atomic mass is 9.82. The Bertz CT molecular complexity index is 814. The molecule has 0 unspecified atom stereocenters. The number of rotatable bonds is 20. The Balaban J connectivity index is 2.59. The van der Waals surface area contributed by atoms with Crippen LogP contribution in [0.2, 0.25) is 0 Å². The molecule has 37 heavy (non-hydrogen) atoms. The Labute approximate surface area is 232 Å². The molecule has 0 heterocycles. The van der Waals surface area contributed by atoms with Crippen molar-refractivity contribution in [3.05, 3.63) is 68.8 Å². The van der Waals surface area contributed by atoms with E-state index in [4.69, 9.17) is 0 Å². The normalized spacial score (nSPS) is 11.4. The highest BCUT2D eigenvalue weighted by Gasteiger charge is 2.17. The van der Waals surface area contributed by atoms with E-state index in [0.717, 1.165) is 6.42 Å². The predicted octanol–water partition coefficient (Wildman–Crippen LogP) is 11.3. The SMILES string of the molecule is CCCCc1ccc(Cc2ccc(CCCC)c(CCCC)c2CCCC)c(CCCC)c1CCCC. The van der Waals surface area contributed by atoms with Crippen LogP contribution < -0.4 is 0 Å². The van der Waals surface area contributed by atoms with Gasteiger partial charge in [0, 0.05) is 0 Å². The largest absolute Gasteiger partial charge is 0.0654 e. The van der Waals surface area contributed by atoms with Crippen molar-refractivity contribution in [3.8, 4) is 0 Å². The summed E-state index contributed by atoms with van der Waals surface area (Å²) in [5.41, 5.74) is 13.4. The quantitative estimate of drug-likeness (QED) is 0.168. The van der Waals surface area contributed by atoms with Gasteiger partial charge >= 0.3 is 0 Å². The van der Waals surface area contributed by atoms with E-state index in [0.29, 0.717) is 0 Å². The molecule has 0 bridgehead atoms. The molecular weight excluding hydrogens is 444 g/mol. The van der Waals surface area contributed by atoms with Gasteiger partial charge in [0.25, 0.3) is 0 Å². The number of hydrogen-bond donors (Lipinski definition) is 0. The van der Waals surface area contributed by atoms with Gasteiger partial charge in [-0.05, 0) is 128 Å². The molecule has 2 aromatic rings. The zero-order valence-corrected chi connectivity index (χ0v) is 25.7. The fraction of sp³-hybridized carbons (Fsp3) is 0.676. The molecule has 208 valence electrons. The van der Waals surface area contributed by atoms with Crippen LogP contribution in [0, 0.1) is 0 Å². The third kappa shape index (κ3) is 9.92. The second-order valence-electron chi connectivity index (χ2n) is 11.5. The summed E-state index contributed by atoms with van der Waals surface area (Å²) in [6.45, 7) is 14.1. The van der Waals surface area contributed by atoms with E-state index < -0.39 is 0 Å². The maximum atomic E-state index is 2.53. The maximum absolute atomic E-state index is 2.53. The molecule has 0 spiro atoms. The van der Waals surface area contributed by atoms with Crippen LogP contribution in [0.5, 0.6) is 0 Å². The number of hydrogen-bond acceptors (Lipinski definition) is 0. The molecule has 0 aliphatic heterocycles. The van der Waals surface area contributed by atoms with Gasteiger partial charge in [-0.2, -0.15) is 0 Å². The molecule has 2 rings (SSSR count). The predicted molar refractivity (Wildman–Crippen MR) is 167 cm³/mol. The number of benzene rings is 2. The summed E-state index contributed by atoms with van der Waals surface area (Å²) in [6.07, 6.45) is 24.2. The van der Waals surface area contributed by atoms with Crippen LogP contribution in [-0.4, -0.2) is 0 Å². The average Bonchev–Trinajstić information content (AvgIpc) is 2.92. The third-order valence-electron chi connectivity index (χ3n) is 8.35. The second kappa shape index (κ2) is 18.7. The van der Waals surface area contributed by atoms with Crippen molar-refractivity contribution in [3.63, 3.8) is 0 Å². The molecule has 0 aliphatic rings. The van der Waals surface area contributed by atoms with Crippen molar-refractivity contribution in [2.24, 2.45) is 0 Å². The number of unbranched alkanes of at least 4 members (excludes halogenated alkanes) is 6. The van der Waals surface area contributed by atoms with Crippen LogP contribution >= 0.6 is 0 Å². The Hall–Kier alpha value is -1.56. The van der Waals surface area contributed by atoms with E-state index in [1.807, 2.05) is 0 Å². The first-order chi connectivity index (χ1) is 18.1. The number of aryl methyl sites for hydroxylation is 2. The molecule has 0 radical (unpaired) electrons. The zero-order valence-electron chi connectivity index (χ0n) is 25.7. The molecule has 0 aliphatic carbocycles. The lowest BCUT2D eigenvalue weighted by molar-refractivity contribution is 0.724. The summed E-state index contributed by atoms with van der Waals surface area (Å²) < 4.78 is 0. The van der Waals surface area contributed by atoms with Gasteiger partial charge in [0.1, 0.15) is 0 Å². The minimum atomic E-state index is 1.12. The summed E-state index contributed by atoms with van der Waals surface area (Å²) in [5.74, 6) is 0. The molecule has 0 fully saturated rings. The lowest BCUT2D eigenvalue weighted by Crippen LogP contribution is -2.10. The van der Waals surface area contributed by atoms with Crippen LogP contribution in [0.1, 0.15) is 163 Å². The highest BCUT2D eigenvalue weighted by molar-refractivity contribution is 5.48. The van der Waals surface area contributed by atoms with Gasteiger partial charge in [-0.1, -0.05) is 104 Å². The fourth-order valence-corrected chi connectivity index (χ4v) is 5.98. The average molecular weight is 505 g/mol. The Morgan fingerprint density at radius 3 is 0.865 bits per heavy atom. The summed E-state index contributed by atoms with van der Waals surface area (Å²) in [5, 5.41) is 0. The van der Waals surface area contributed by atoms with Crippen LogP contribution in [0.4, 0.5) is 0 Å². The van der Waals surface area contributed by atoms with Crippen LogP contribution in [-0.2, 0) is 44.9 Å². The first-order valence-electron chi connectivity index (χ1n) is 16.4. The van der Waals surface area contributed by atoms with Crippen molar-refractivity contribution in [2.45, 2.75) is 164 Å². The molecule has 2 aromatic carbocycles. The van der Waals surface area contributed by atoms with E-state index in [1.54, 1.807) is 44.5 Å². The highest BCUT2D eigenvalue weighted by atomic mass is 14.2. The van der Waals surface area contributed by atoms with Crippen LogP contribution in [0.3, 0.4) is 0 Å². The van der Waals surface area contributed by atoms with E-state index in [2.05, 4.69) is 65.8 Å². The highest BCUT2D eigenvalue weighted by Crippen LogP contribution is 2.31. The lowest BCUT2D eigenvalue weighted by Gasteiger charge is -2.23. The van der Waals surface area contributed by atoms with Crippen molar-refractivity contribution >= 4 is 0 Å². The fourth-order valence-electron chi connectivity index (χ4n) is 5.98. The first-order valence-corrected chi connectivity index (χ1v) is 16.4. The minimum Gasteiger partial charge on any atom is -0.0654 e. The zero-order chi connectivity index (χ0) is 26.9. The van der Waals surface area contributed by atoms with Gasteiger partial charge in [0.2, 0.25) is 0 Å². The van der Waals surface area contributed by atoms with Gasteiger partial charge in [0.05, 0.1) is 0 Å². The van der Waals surface area contributed by atoms with Gasteiger partial charge in [-0.15, -0.1) is 0 Å². The van der Waals surface area contributed by atoms with Gasteiger partial charge in [0.15, 0.2) is 0 Å². The van der Waals surface area contributed by atoms with Gasteiger partial charge in [-0.3, -0.25) is 0 Å². The molecule has 0 nitrogen and oxygen atoms in total. The first kappa shape index (κ1) is 31.7. The molecule has 0 saturated carbocycles. The summed E-state index contributed by atoms with van der Waals surface area (Å²) in [4.78, 5) is 0. The second-order valence-corrected chi connectivity index (χ2v) is 11.5. The van der Waals surface area contributed by atoms with Crippen molar-refractivity contribution < 1.29 is 0 Å². The monoisotopic (exact) mass is 504 g/mol. The molecule has 0 heteroatoms. The van der Waals surface area contributed by atoms with E-state index >= 15 is 0 Å². The molecule has 0 N–H and O–H groups in total. The maximum Gasteiger partial charge on any atom is -0.00201 e. The topological polar surface area (TPSA) is 0 Å². The standard InChI is InChI=1S/C37H60/c1-7-13-19-30-25-27-32(36(23-17-11-5)34(30)21-15-9-3)29-33-28-26-31(20-14-8-2)35(22-16-10-4)37(33)24-18-12-6/h25-28H,7-24,29H2,1-6H3. The van der Waals surface area contributed by atoms with Gasteiger partial charge in [-0.25, -0.2) is 0 Å². The summed E-state index contributed by atoms with van der Waals surface area (Å²) in [6, 6.07) is 10.1. The summed E-state index contributed by atoms with van der Waals surface area (Å²) in [7, 11) is 0. The smallest absolute Gasteiger partial charge is 0.00201 e. The molecule has 0 amide bonds. The van der Waals surface area contributed by atoms with Gasteiger partial charge < -0.3 is 0 Å². The van der Waals surface area contributed by atoms with Crippen LogP contribution in [0.15, 0.2) is 24.3 Å². The Morgan fingerprint density at radius 2 is 0.568 bits per heavy atom. The van der Waals surface area contributed by atoms with E-state index in [-0.39, 0.29) is 0 Å². The molecule has 0 aromatic heterocycles.